The molecule has 0 heterocycles. The minimum absolute atomic E-state index is 0.294. The third-order valence-electron chi connectivity index (χ3n) is 2.80. The molecular formula is C14H24N2O2. The molecule has 0 amide bonds. The fourth-order valence-corrected chi connectivity index (χ4v) is 1.71. The molecule has 1 aromatic rings. The molecule has 0 atom stereocenters. The van der Waals surface area contributed by atoms with Gasteiger partial charge in [0.25, 0.3) is 0 Å². The van der Waals surface area contributed by atoms with Crippen molar-refractivity contribution in [2.45, 2.75) is 19.3 Å². The van der Waals surface area contributed by atoms with Gasteiger partial charge in [0.05, 0.1) is 0 Å². The van der Waals surface area contributed by atoms with Crippen LogP contribution < -0.4 is 10.5 Å². The van der Waals surface area contributed by atoms with Crippen LogP contribution in [0.3, 0.4) is 0 Å². The average Bonchev–Trinajstić information content (AvgIpc) is 2.35. The van der Waals surface area contributed by atoms with Crippen LogP contribution in [0.1, 0.15) is 19.3 Å². The second-order valence-corrected chi connectivity index (χ2v) is 4.51. The van der Waals surface area contributed by atoms with Crippen LogP contribution in [-0.4, -0.2) is 43.4 Å². The van der Waals surface area contributed by atoms with E-state index in [-0.39, 0.29) is 0 Å². The van der Waals surface area contributed by atoms with Gasteiger partial charge < -0.3 is 20.5 Å². The topological polar surface area (TPSA) is 58.7 Å². The lowest BCUT2D eigenvalue weighted by molar-refractivity contribution is 0.230. The number of hydrogen-bond acceptors (Lipinski definition) is 4. The lowest BCUT2D eigenvalue weighted by Crippen LogP contribution is -2.25. The third-order valence-corrected chi connectivity index (χ3v) is 2.80. The Hall–Kier alpha value is -1.26. The second-order valence-electron chi connectivity index (χ2n) is 4.51. The summed E-state index contributed by atoms with van der Waals surface area (Å²) >= 11 is 0. The van der Waals surface area contributed by atoms with Gasteiger partial charge in [0.1, 0.15) is 12.4 Å². The molecule has 0 aliphatic heterocycles. The van der Waals surface area contributed by atoms with Crippen LogP contribution in [0.15, 0.2) is 24.3 Å². The maximum Gasteiger partial charge on any atom is 0.121 e. The molecule has 102 valence electrons. The zero-order valence-corrected chi connectivity index (χ0v) is 11.1. The highest BCUT2D eigenvalue weighted by molar-refractivity contribution is 5.43. The van der Waals surface area contributed by atoms with Crippen LogP contribution in [0.2, 0.25) is 0 Å². The first-order valence-corrected chi connectivity index (χ1v) is 6.50. The van der Waals surface area contributed by atoms with Gasteiger partial charge in [0.2, 0.25) is 0 Å². The molecule has 0 saturated carbocycles. The molecule has 0 radical (unpaired) electrons. The van der Waals surface area contributed by atoms with Crippen LogP contribution in [0.5, 0.6) is 5.75 Å². The number of ether oxygens (including phenoxy) is 1. The number of hydrogen-bond donors (Lipinski definition) is 2. The quantitative estimate of drug-likeness (QED) is 0.519. The number of aliphatic hydroxyl groups is 1. The summed E-state index contributed by atoms with van der Waals surface area (Å²) in [6.07, 6.45) is 3.10. The van der Waals surface area contributed by atoms with Gasteiger partial charge in [-0.15, -0.1) is 0 Å². The van der Waals surface area contributed by atoms with E-state index in [0.717, 1.165) is 43.8 Å². The molecule has 4 heteroatoms. The van der Waals surface area contributed by atoms with Crippen molar-refractivity contribution in [1.82, 2.24) is 4.90 Å². The minimum Gasteiger partial charge on any atom is -0.492 e. The molecule has 0 aliphatic rings. The number of nitrogen functional groups attached to an aromatic ring is 1. The number of aliphatic hydroxyl groups excluding tert-OH is 1. The SMILES string of the molecule is CN(CCCCCO)CCOc1cccc(N)c1. The van der Waals surface area contributed by atoms with E-state index in [1.54, 1.807) is 0 Å². The van der Waals surface area contributed by atoms with Crippen molar-refractivity contribution in [2.24, 2.45) is 0 Å². The van der Waals surface area contributed by atoms with Crippen molar-refractivity contribution >= 4 is 5.69 Å². The fourth-order valence-electron chi connectivity index (χ4n) is 1.71. The van der Waals surface area contributed by atoms with Gasteiger partial charge in [-0.3, -0.25) is 0 Å². The van der Waals surface area contributed by atoms with Gasteiger partial charge in [0, 0.05) is 24.9 Å². The Bertz CT molecular complexity index is 331. The molecule has 1 rings (SSSR count). The summed E-state index contributed by atoms with van der Waals surface area (Å²) in [5, 5.41) is 8.68. The lowest BCUT2D eigenvalue weighted by Gasteiger charge is -2.16. The van der Waals surface area contributed by atoms with E-state index in [2.05, 4.69) is 11.9 Å². The summed E-state index contributed by atoms with van der Waals surface area (Å²) in [7, 11) is 2.08. The van der Waals surface area contributed by atoms with Crippen molar-refractivity contribution in [2.75, 3.05) is 39.1 Å². The second kappa shape index (κ2) is 8.78. The van der Waals surface area contributed by atoms with Gasteiger partial charge in [-0.2, -0.15) is 0 Å². The van der Waals surface area contributed by atoms with Crippen molar-refractivity contribution < 1.29 is 9.84 Å². The first kappa shape index (κ1) is 14.8. The summed E-state index contributed by atoms with van der Waals surface area (Å²) in [5.74, 6) is 0.823. The molecule has 0 aliphatic carbocycles. The van der Waals surface area contributed by atoms with E-state index < -0.39 is 0 Å². The van der Waals surface area contributed by atoms with Gasteiger partial charge in [-0.25, -0.2) is 0 Å². The standard InChI is InChI=1S/C14H24N2O2/c1-16(8-3-2-4-10-17)9-11-18-14-7-5-6-13(15)12-14/h5-7,12,17H,2-4,8-11,15H2,1H3. The van der Waals surface area contributed by atoms with Crippen LogP contribution in [0.4, 0.5) is 5.69 Å². The largest absolute Gasteiger partial charge is 0.492 e. The number of benzene rings is 1. The predicted molar refractivity (Wildman–Crippen MR) is 74.8 cm³/mol. The van der Waals surface area contributed by atoms with Gasteiger partial charge in [0.15, 0.2) is 0 Å². The Balaban J connectivity index is 2.09. The van der Waals surface area contributed by atoms with E-state index in [1.807, 2.05) is 24.3 Å². The van der Waals surface area contributed by atoms with E-state index >= 15 is 0 Å². The minimum atomic E-state index is 0.294. The summed E-state index contributed by atoms with van der Waals surface area (Å²) in [6.45, 7) is 2.90. The lowest BCUT2D eigenvalue weighted by atomic mass is 10.2. The number of nitrogens with two attached hydrogens (primary N) is 1. The van der Waals surface area contributed by atoms with Gasteiger partial charge in [-0.1, -0.05) is 6.07 Å². The number of nitrogens with zero attached hydrogens (tertiary/aromatic N) is 1. The first-order chi connectivity index (χ1) is 8.72. The molecule has 0 spiro atoms. The van der Waals surface area contributed by atoms with Crippen molar-refractivity contribution in [3.63, 3.8) is 0 Å². The van der Waals surface area contributed by atoms with E-state index in [1.165, 1.54) is 0 Å². The number of rotatable bonds is 9. The Labute approximate surface area is 109 Å². The summed E-state index contributed by atoms with van der Waals surface area (Å²) < 4.78 is 5.62. The molecule has 0 unspecified atom stereocenters. The molecule has 4 nitrogen and oxygen atoms in total. The smallest absolute Gasteiger partial charge is 0.121 e. The maximum absolute atomic E-state index is 8.68. The van der Waals surface area contributed by atoms with Crippen LogP contribution in [0.25, 0.3) is 0 Å². The van der Waals surface area contributed by atoms with Crippen molar-refractivity contribution in [1.29, 1.82) is 0 Å². The Morgan fingerprint density at radius 2 is 2.06 bits per heavy atom. The zero-order chi connectivity index (χ0) is 13.2. The van der Waals surface area contributed by atoms with Crippen LogP contribution >= 0.6 is 0 Å². The molecule has 18 heavy (non-hydrogen) atoms. The van der Waals surface area contributed by atoms with E-state index in [4.69, 9.17) is 15.6 Å². The van der Waals surface area contributed by atoms with E-state index in [9.17, 15) is 0 Å². The summed E-state index contributed by atoms with van der Waals surface area (Å²) in [4.78, 5) is 2.24. The van der Waals surface area contributed by atoms with Crippen LogP contribution in [-0.2, 0) is 0 Å². The first-order valence-electron chi connectivity index (χ1n) is 6.50. The molecule has 0 bridgehead atoms. The highest BCUT2D eigenvalue weighted by atomic mass is 16.5. The molecule has 0 aromatic heterocycles. The van der Waals surface area contributed by atoms with E-state index in [0.29, 0.717) is 13.2 Å². The molecule has 0 saturated heterocycles. The van der Waals surface area contributed by atoms with Crippen LogP contribution in [0, 0.1) is 0 Å². The molecule has 0 fully saturated rings. The van der Waals surface area contributed by atoms with Crippen molar-refractivity contribution in [3.05, 3.63) is 24.3 Å². The normalized spacial score (nSPS) is 10.8. The third kappa shape index (κ3) is 6.47. The summed E-state index contributed by atoms with van der Waals surface area (Å²) in [6, 6.07) is 7.49. The monoisotopic (exact) mass is 252 g/mol. The predicted octanol–water partition coefficient (Wildman–Crippen LogP) is 1.74. The summed E-state index contributed by atoms with van der Waals surface area (Å²) in [5.41, 5.74) is 6.40. The Morgan fingerprint density at radius 1 is 1.22 bits per heavy atom. The Kier molecular flexibility index (Phi) is 7.22. The highest BCUT2D eigenvalue weighted by Crippen LogP contribution is 2.14. The highest BCUT2D eigenvalue weighted by Gasteiger charge is 1.99. The fraction of sp³-hybridized carbons (Fsp3) is 0.571. The molecular weight excluding hydrogens is 228 g/mol. The number of likely N-dealkylation sites (N-methyl/N-ethyl adjacent to an activating group) is 1. The zero-order valence-electron chi connectivity index (χ0n) is 11.1. The molecule has 1 aromatic carbocycles. The number of anilines is 1. The maximum atomic E-state index is 8.68. The van der Waals surface area contributed by atoms with Gasteiger partial charge >= 0.3 is 0 Å². The Morgan fingerprint density at radius 3 is 2.78 bits per heavy atom. The number of unbranched alkanes of at least 4 members (excludes halogenated alkanes) is 2. The average molecular weight is 252 g/mol. The van der Waals surface area contributed by atoms with Gasteiger partial charge in [-0.05, 0) is 45.0 Å². The van der Waals surface area contributed by atoms with Crippen molar-refractivity contribution in [3.8, 4) is 5.75 Å². The molecule has 3 N–H and O–H groups in total.